The summed E-state index contributed by atoms with van der Waals surface area (Å²) in [5.74, 6) is 0. The summed E-state index contributed by atoms with van der Waals surface area (Å²) in [6, 6.07) is 0. The van der Waals surface area contributed by atoms with E-state index in [1.165, 1.54) is 0 Å². The van der Waals surface area contributed by atoms with Gasteiger partial charge in [0.05, 0.1) is 13.2 Å². The first-order valence-corrected chi connectivity index (χ1v) is 7.45. The highest BCUT2D eigenvalue weighted by Crippen LogP contribution is 2.46. The Morgan fingerprint density at radius 2 is 1.38 bits per heavy atom. The van der Waals surface area contributed by atoms with Crippen LogP contribution in [-0.4, -0.2) is 96.6 Å². The van der Waals surface area contributed by atoms with Crippen molar-refractivity contribution >= 4 is 7.82 Å². The van der Waals surface area contributed by atoms with Crippen LogP contribution in [-0.2, 0) is 13.6 Å². The van der Waals surface area contributed by atoms with Crippen LogP contribution >= 0.6 is 7.82 Å². The Balaban J connectivity index is 2.72. The van der Waals surface area contributed by atoms with Gasteiger partial charge in [0.15, 0.2) is 0 Å². The van der Waals surface area contributed by atoms with Gasteiger partial charge in [0, 0.05) is 0 Å². The average molecular weight is 334 g/mol. The van der Waals surface area contributed by atoms with Crippen molar-refractivity contribution in [2.24, 2.45) is 0 Å². The smallest absolute Gasteiger partial charge is 0.394 e. The molecule has 11 nitrogen and oxygen atoms in total. The van der Waals surface area contributed by atoms with Gasteiger partial charge in [-0.2, -0.15) is 0 Å². The molecular formula is C9H19O11P. The summed E-state index contributed by atoms with van der Waals surface area (Å²) in [5, 5.41) is 64.8. The normalized spacial score (nSPS) is 41.5. The molecule has 3 unspecified atom stereocenters. The van der Waals surface area contributed by atoms with E-state index in [9.17, 15) is 35.0 Å². The van der Waals surface area contributed by atoms with Gasteiger partial charge >= 0.3 is 7.82 Å². The van der Waals surface area contributed by atoms with Crippen LogP contribution in [0.1, 0.15) is 0 Å². The second-order valence-corrected chi connectivity index (χ2v) is 6.03. The van der Waals surface area contributed by atoms with Crippen molar-refractivity contribution in [3.05, 3.63) is 0 Å². The number of aliphatic hydroxyl groups excluding tert-OH is 7. The lowest BCUT2D eigenvalue weighted by Crippen LogP contribution is -2.64. The van der Waals surface area contributed by atoms with Crippen LogP contribution in [0.25, 0.3) is 0 Å². The molecule has 1 aliphatic carbocycles. The van der Waals surface area contributed by atoms with Gasteiger partial charge in [0.2, 0.25) is 0 Å². The van der Waals surface area contributed by atoms with Crippen LogP contribution in [0.4, 0.5) is 0 Å². The molecule has 12 heteroatoms. The molecule has 1 aliphatic rings. The molecule has 0 aromatic rings. The molecule has 0 saturated heterocycles. The summed E-state index contributed by atoms with van der Waals surface area (Å²) in [5.41, 5.74) is 0. The fourth-order valence-corrected chi connectivity index (χ4v) is 2.72. The Bertz CT molecular complexity index is 363. The summed E-state index contributed by atoms with van der Waals surface area (Å²) in [4.78, 5) is 9.36. The molecule has 8 N–H and O–H groups in total. The largest absolute Gasteiger partial charge is 0.472 e. The molecule has 1 saturated carbocycles. The van der Waals surface area contributed by atoms with Crippen molar-refractivity contribution in [1.82, 2.24) is 0 Å². The molecule has 0 amide bonds. The van der Waals surface area contributed by atoms with Crippen molar-refractivity contribution in [2.75, 3.05) is 13.2 Å². The van der Waals surface area contributed by atoms with Crippen LogP contribution in [0.3, 0.4) is 0 Å². The predicted octanol–water partition coefficient (Wildman–Crippen LogP) is -4.34. The van der Waals surface area contributed by atoms with E-state index < -0.39 is 63.8 Å². The summed E-state index contributed by atoms with van der Waals surface area (Å²) in [6.45, 7) is -1.50. The van der Waals surface area contributed by atoms with Gasteiger partial charge in [-0.25, -0.2) is 4.57 Å². The zero-order valence-corrected chi connectivity index (χ0v) is 11.6. The minimum Gasteiger partial charge on any atom is -0.394 e. The monoisotopic (exact) mass is 334 g/mol. The molecule has 21 heavy (non-hydrogen) atoms. The molecule has 0 aromatic heterocycles. The highest BCUT2D eigenvalue weighted by Gasteiger charge is 2.51. The molecule has 126 valence electrons. The van der Waals surface area contributed by atoms with Gasteiger partial charge in [0.1, 0.15) is 42.7 Å². The second kappa shape index (κ2) is 7.40. The fraction of sp³-hybridized carbons (Fsp3) is 1.00. The Labute approximate surface area is 119 Å². The molecular weight excluding hydrogens is 315 g/mol. The minimum atomic E-state index is -4.87. The maximum atomic E-state index is 11.6. The molecule has 0 radical (unpaired) electrons. The van der Waals surface area contributed by atoms with E-state index in [1.54, 1.807) is 0 Å². The number of rotatable bonds is 6. The molecule has 0 bridgehead atoms. The first kappa shape index (κ1) is 18.9. The van der Waals surface area contributed by atoms with E-state index in [2.05, 4.69) is 9.05 Å². The van der Waals surface area contributed by atoms with E-state index in [0.717, 1.165) is 0 Å². The van der Waals surface area contributed by atoms with Crippen LogP contribution in [0.15, 0.2) is 0 Å². The Morgan fingerprint density at radius 3 is 1.81 bits per heavy atom. The topological polar surface area (TPSA) is 197 Å². The number of phosphoric ester groups is 1. The van der Waals surface area contributed by atoms with Gasteiger partial charge in [-0.15, -0.1) is 0 Å². The highest BCUT2D eigenvalue weighted by atomic mass is 31.2. The molecule has 8 atom stereocenters. The standard InChI is InChI=1S/C9H19O11P/c10-1-3(11)2-19-21(17,18)20-9-7(15)5(13)4(12)6(14)8(9)16/h3-16H,1-2H2,(H,17,18)/t3-,4?,5-,6+,7+,8+,9?/m0/s1. The van der Waals surface area contributed by atoms with Gasteiger partial charge in [-0.05, 0) is 0 Å². The molecule has 1 rings (SSSR count). The van der Waals surface area contributed by atoms with E-state index in [1.807, 2.05) is 0 Å². The number of phosphoric acid groups is 1. The minimum absolute atomic E-state index is 0.738. The highest BCUT2D eigenvalue weighted by molar-refractivity contribution is 7.47. The van der Waals surface area contributed by atoms with Gasteiger partial charge < -0.3 is 40.6 Å². The van der Waals surface area contributed by atoms with Gasteiger partial charge in [-0.1, -0.05) is 0 Å². The predicted molar refractivity (Wildman–Crippen MR) is 63.8 cm³/mol. The molecule has 0 aliphatic heterocycles. The van der Waals surface area contributed by atoms with E-state index in [-0.39, 0.29) is 0 Å². The van der Waals surface area contributed by atoms with Crippen molar-refractivity contribution < 1.29 is 54.3 Å². The third-order valence-electron chi connectivity index (χ3n) is 2.97. The summed E-state index contributed by atoms with van der Waals surface area (Å²) in [6.07, 6.45) is -13.0. The Morgan fingerprint density at radius 1 is 0.952 bits per heavy atom. The van der Waals surface area contributed by atoms with Crippen molar-refractivity contribution in [3.63, 3.8) is 0 Å². The second-order valence-electron chi connectivity index (χ2n) is 4.62. The third kappa shape index (κ3) is 4.65. The van der Waals surface area contributed by atoms with Crippen molar-refractivity contribution in [2.45, 2.75) is 42.7 Å². The maximum absolute atomic E-state index is 11.6. The molecule has 0 spiro atoms. The van der Waals surface area contributed by atoms with Gasteiger partial charge in [-0.3, -0.25) is 9.05 Å². The summed E-state index contributed by atoms with van der Waals surface area (Å²) < 4.78 is 20.3. The number of hydrogen-bond acceptors (Lipinski definition) is 10. The van der Waals surface area contributed by atoms with Crippen LogP contribution in [0.2, 0.25) is 0 Å². The van der Waals surface area contributed by atoms with Gasteiger partial charge in [0.25, 0.3) is 0 Å². The lowest BCUT2D eigenvalue weighted by Gasteiger charge is -2.41. The average Bonchev–Trinajstić information content (AvgIpc) is 2.45. The Kier molecular flexibility index (Phi) is 6.65. The van der Waals surface area contributed by atoms with Crippen molar-refractivity contribution in [1.29, 1.82) is 0 Å². The molecule has 0 aromatic carbocycles. The zero-order chi connectivity index (χ0) is 16.4. The van der Waals surface area contributed by atoms with Crippen LogP contribution < -0.4 is 0 Å². The fourth-order valence-electron chi connectivity index (χ4n) is 1.74. The first-order chi connectivity index (χ1) is 9.60. The Hall–Kier alpha value is -0.170. The SMILES string of the molecule is O=P(O)(OC[C@@H](O)CO)OC1[C@H](O)[C@H](O)C(O)[C@H](O)[C@H]1O. The lowest BCUT2D eigenvalue weighted by molar-refractivity contribution is -0.220. The van der Waals surface area contributed by atoms with Crippen LogP contribution in [0.5, 0.6) is 0 Å². The van der Waals surface area contributed by atoms with E-state index >= 15 is 0 Å². The molecule has 1 fully saturated rings. The van der Waals surface area contributed by atoms with Crippen LogP contribution in [0, 0.1) is 0 Å². The zero-order valence-electron chi connectivity index (χ0n) is 10.7. The van der Waals surface area contributed by atoms with Crippen molar-refractivity contribution in [3.8, 4) is 0 Å². The summed E-state index contributed by atoms with van der Waals surface area (Å²) in [7, 11) is -4.87. The van der Waals surface area contributed by atoms with E-state index in [0.29, 0.717) is 0 Å². The maximum Gasteiger partial charge on any atom is 0.472 e. The number of hydrogen-bond donors (Lipinski definition) is 8. The van der Waals surface area contributed by atoms with E-state index in [4.69, 9.17) is 10.2 Å². The first-order valence-electron chi connectivity index (χ1n) is 5.95. The molecule has 0 heterocycles. The number of aliphatic hydroxyl groups is 7. The third-order valence-corrected chi connectivity index (χ3v) is 3.95. The quantitative estimate of drug-likeness (QED) is 0.218. The lowest BCUT2D eigenvalue weighted by atomic mass is 9.85. The summed E-state index contributed by atoms with van der Waals surface area (Å²) >= 11 is 0.